The quantitative estimate of drug-likeness (QED) is 0.798. The number of H-pyrrole nitrogens is 1. The van der Waals surface area contributed by atoms with Crippen LogP contribution in [0, 0.1) is 0 Å². The van der Waals surface area contributed by atoms with Gasteiger partial charge in [-0.3, -0.25) is 5.10 Å². The summed E-state index contributed by atoms with van der Waals surface area (Å²) in [4.78, 5) is 4.35. The first-order chi connectivity index (χ1) is 10.4. The third kappa shape index (κ3) is 2.08. The summed E-state index contributed by atoms with van der Waals surface area (Å²) in [5, 5.41) is 11.8. The number of aromatic amines is 1. The molecule has 6 heteroatoms. The van der Waals surface area contributed by atoms with E-state index in [9.17, 15) is 0 Å². The average molecular weight is 281 g/mol. The third-order valence-electron chi connectivity index (χ3n) is 3.71. The fourth-order valence-electron chi connectivity index (χ4n) is 2.45. The van der Waals surface area contributed by atoms with Crippen molar-refractivity contribution in [2.75, 3.05) is 7.11 Å². The second-order valence-electron chi connectivity index (χ2n) is 5.15. The lowest BCUT2D eigenvalue weighted by Crippen LogP contribution is -2.02. The fourth-order valence-corrected chi connectivity index (χ4v) is 2.45. The van der Waals surface area contributed by atoms with Crippen molar-refractivity contribution in [1.29, 1.82) is 0 Å². The molecule has 2 aromatic heterocycles. The summed E-state index contributed by atoms with van der Waals surface area (Å²) >= 11 is 0. The van der Waals surface area contributed by atoms with E-state index in [0.717, 1.165) is 17.1 Å². The molecule has 21 heavy (non-hydrogen) atoms. The Labute approximate surface area is 121 Å². The fraction of sp³-hybridized carbons (Fsp3) is 0.267. The summed E-state index contributed by atoms with van der Waals surface area (Å²) < 4.78 is 7.15. The number of hydrogen-bond donors (Lipinski definition) is 1. The molecule has 1 aliphatic rings. The lowest BCUT2D eigenvalue weighted by atomic mass is 10.2. The highest BCUT2D eigenvalue weighted by atomic mass is 16.5. The number of hydrogen-bond acceptors (Lipinski definition) is 4. The van der Waals surface area contributed by atoms with Crippen LogP contribution in [0.5, 0.6) is 5.75 Å². The summed E-state index contributed by atoms with van der Waals surface area (Å²) in [6, 6.07) is 9.79. The minimum Gasteiger partial charge on any atom is -0.494 e. The van der Waals surface area contributed by atoms with E-state index in [1.165, 1.54) is 24.9 Å². The molecule has 1 N–H and O–H groups in total. The van der Waals surface area contributed by atoms with Crippen molar-refractivity contribution in [3.05, 3.63) is 42.4 Å². The Morgan fingerprint density at radius 2 is 2.14 bits per heavy atom. The highest BCUT2D eigenvalue weighted by molar-refractivity contribution is 5.57. The average Bonchev–Trinajstić information content (AvgIpc) is 3.07. The molecule has 0 radical (unpaired) electrons. The Kier molecular flexibility index (Phi) is 2.73. The predicted molar refractivity (Wildman–Crippen MR) is 77.5 cm³/mol. The number of nitrogens with one attached hydrogen (secondary N) is 1. The molecule has 1 aliphatic carbocycles. The second kappa shape index (κ2) is 4.73. The first-order valence-corrected chi connectivity index (χ1v) is 6.96. The van der Waals surface area contributed by atoms with Crippen LogP contribution in [0.25, 0.3) is 17.2 Å². The van der Waals surface area contributed by atoms with Gasteiger partial charge in [0.1, 0.15) is 23.5 Å². The number of benzene rings is 1. The molecule has 6 nitrogen and oxygen atoms in total. The van der Waals surface area contributed by atoms with Crippen LogP contribution >= 0.6 is 0 Å². The van der Waals surface area contributed by atoms with E-state index in [0.29, 0.717) is 11.7 Å². The number of nitrogens with zero attached hydrogens (tertiary/aromatic N) is 4. The van der Waals surface area contributed by atoms with E-state index in [-0.39, 0.29) is 0 Å². The Morgan fingerprint density at radius 3 is 2.95 bits per heavy atom. The van der Waals surface area contributed by atoms with Gasteiger partial charge in [-0.05, 0) is 31.0 Å². The molecule has 106 valence electrons. The molecule has 1 saturated carbocycles. The van der Waals surface area contributed by atoms with Crippen molar-refractivity contribution in [3.8, 4) is 23.0 Å². The van der Waals surface area contributed by atoms with Crippen LogP contribution in [0.1, 0.15) is 24.5 Å². The minimum absolute atomic E-state index is 0.633. The molecule has 0 amide bonds. The van der Waals surface area contributed by atoms with Crippen molar-refractivity contribution in [2.45, 2.75) is 18.8 Å². The van der Waals surface area contributed by atoms with E-state index in [2.05, 4.69) is 26.3 Å². The monoisotopic (exact) mass is 281 g/mol. The lowest BCUT2D eigenvalue weighted by molar-refractivity contribution is 0.412. The van der Waals surface area contributed by atoms with Crippen molar-refractivity contribution >= 4 is 0 Å². The maximum absolute atomic E-state index is 5.40. The molecule has 2 heterocycles. The van der Waals surface area contributed by atoms with Crippen molar-refractivity contribution < 1.29 is 4.74 Å². The van der Waals surface area contributed by atoms with Crippen LogP contribution in [0.4, 0.5) is 0 Å². The van der Waals surface area contributed by atoms with Gasteiger partial charge in [-0.1, -0.05) is 12.1 Å². The van der Waals surface area contributed by atoms with Gasteiger partial charge in [0.2, 0.25) is 0 Å². The van der Waals surface area contributed by atoms with Crippen LogP contribution in [0.2, 0.25) is 0 Å². The van der Waals surface area contributed by atoms with Crippen molar-refractivity contribution in [2.24, 2.45) is 0 Å². The molecule has 1 fully saturated rings. The van der Waals surface area contributed by atoms with Gasteiger partial charge in [-0.2, -0.15) is 10.2 Å². The number of aromatic nitrogens is 5. The van der Waals surface area contributed by atoms with Crippen molar-refractivity contribution in [3.63, 3.8) is 0 Å². The summed E-state index contributed by atoms with van der Waals surface area (Å²) in [5.41, 5.74) is 2.84. The first kappa shape index (κ1) is 12.1. The number of rotatable bonds is 4. The van der Waals surface area contributed by atoms with E-state index in [1.54, 1.807) is 11.8 Å². The van der Waals surface area contributed by atoms with Crippen LogP contribution in [0.15, 0.2) is 36.7 Å². The van der Waals surface area contributed by atoms with Crippen LogP contribution in [-0.4, -0.2) is 32.1 Å². The summed E-state index contributed by atoms with van der Waals surface area (Å²) in [6.07, 6.45) is 4.01. The van der Waals surface area contributed by atoms with Gasteiger partial charge in [-0.25, -0.2) is 9.67 Å². The number of methoxy groups -OCH3 is 1. The number of ether oxygens (including phenoxy) is 1. The van der Waals surface area contributed by atoms with E-state index in [1.807, 2.05) is 24.3 Å². The second-order valence-corrected chi connectivity index (χ2v) is 5.15. The molecule has 0 aliphatic heterocycles. The molecule has 0 spiro atoms. The molecular formula is C15H15N5O. The zero-order valence-corrected chi connectivity index (χ0v) is 11.7. The summed E-state index contributed by atoms with van der Waals surface area (Å²) in [6.45, 7) is 0. The smallest absolute Gasteiger partial charge is 0.183 e. The molecular weight excluding hydrogens is 266 g/mol. The van der Waals surface area contributed by atoms with Crippen molar-refractivity contribution in [1.82, 2.24) is 25.0 Å². The van der Waals surface area contributed by atoms with Crippen LogP contribution < -0.4 is 4.74 Å². The molecule has 0 saturated heterocycles. The maximum atomic E-state index is 5.40. The summed E-state index contributed by atoms with van der Waals surface area (Å²) in [7, 11) is 1.65. The van der Waals surface area contributed by atoms with Crippen LogP contribution in [-0.2, 0) is 0 Å². The van der Waals surface area contributed by atoms with Gasteiger partial charge in [0.15, 0.2) is 5.82 Å². The predicted octanol–water partition coefficient (Wildman–Crippen LogP) is 2.54. The Morgan fingerprint density at radius 1 is 1.29 bits per heavy atom. The van der Waals surface area contributed by atoms with Gasteiger partial charge in [-0.15, -0.1) is 0 Å². The molecule has 0 bridgehead atoms. The molecule has 3 aromatic rings. The first-order valence-electron chi connectivity index (χ1n) is 6.96. The Hall–Kier alpha value is -2.63. The van der Waals surface area contributed by atoms with Gasteiger partial charge in [0.25, 0.3) is 0 Å². The Bertz CT molecular complexity index is 772. The van der Waals surface area contributed by atoms with E-state index in [4.69, 9.17) is 4.74 Å². The van der Waals surface area contributed by atoms with Gasteiger partial charge in [0.05, 0.1) is 7.11 Å². The van der Waals surface area contributed by atoms with Gasteiger partial charge in [0, 0.05) is 11.6 Å². The topological polar surface area (TPSA) is 68.6 Å². The normalized spacial score (nSPS) is 14.3. The highest BCUT2D eigenvalue weighted by Crippen LogP contribution is 2.40. The summed E-state index contributed by atoms with van der Waals surface area (Å²) in [5.74, 6) is 2.10. The highest BCUT2D eigenvalue weighted by Gasteiger charge is 2.26. The molecule has 1 aromatic carbocycles. The molecule has 0 atom stereocenters. The van der Waals surface area contributed by atoms with E-state index < -0.39 is 0 Å². The number of para-hydroxylation sites is 2. The Balaban J connectivity index is 1.78. The van der Waals surface area contributed by atoms with Gasteiger partial charge < -0.3 is 4.74 Å². The van der Waals surface area contributed by atoms with Gasteiger partial charge >= 0.3 is 0 Å². The lowest BCUT2D eigenvalue weighted by Gasteiger charge is -2.09. The maximum Gasteiger partial charge on any atom is 0.183 e. The zero-order valence-electron chi connectivity index (χ0n) is 11.7. The third-order valence-corrected chi connectivity index (χ3v) is 3.71. The standard InChI is InChI=1S/C15H15N5O/c1-21-14-5-3-2-4-13(14)20-15(16-9-17-20)12-8-11(18-19-12)10-6-7-10/h2-5,8-10H,6-7H2,1H3,(H,18,19). The van der Waals surface area contributed by atoms with Crippen LogP contribution in [0.3, 0.4) is 0 Å². The largest absolute Gasteiger partial charge is 0.494 e. The minimum atomic E-state index is 0.633. The molecule has 0 unspecified atom stereocenters. The van der Waals surface area contributed by atoms with E-state index >= 15 is 0 Å². The SMILES string of the molecule is COc1ccccc1-n1ncnc1-c1cc(C2CC2)[nH]n1. The zero-order chi connectivity index (χ0) is 14.2. The molecule has 4 rings (SSSR count).